The van der Waals surface area contributed by atoms with Crippen LogP contribution < -0.4 is 10.0 Å². The molecule has 0 saturated carbocycles. The van der Waals surface area contributed by atoms with Crippen molar-refractivity contribution >= 4 is 28.3 Å². The van der Waals surface area contributed by atoms with Crippen molar-refractivity contribution < 1.29 is 13.2 Å². The summed E-state index contributed by atoms with van der Waals surface area (Å²) in [5, 5.41) is 3.39. The Hall–Kier alpha value is -0.370. The third kappa shape index (κ3) is 6.02. The van der Waals surface area contributed by atoms with Crippen molar-refractivity contribution in [2.24, 2.45) is 11.8 Å². The predicted molar refractivity (Wildman–Crippen MR) is 89.6 cm³/mol. The molecule has 0 bridgehead atoms. The lowest BCUT2D eigenvalue weighted by Gasteiger charge is -2.29. The van der Waals surface area contributed by atoms with Crippen LogP contribution in [0.5, 0.6) is 0 Å². The highest BCUT2D eigenvalue weighted by Crippen LogP contribution is 2.24. The standard InChI is InChI=1S/C14H27N3O3S.ClH/c1-11(12-4-3-6-15-9-12)8-14(18)17-7-5-13(10-17)16-21(2,19)20;/h11-13,15-16H,3-10H2,1-2H3;1H. The number of halogens is 1. The van der Waals surface area contributed by atoms with Gasteiger partial charge in [-0.15, -0.1) is 12.4 Å². The second-order valence-corrected chi connectivity index (χ2v) is 8.28. The fourth-order valence-corrected chi connectivity index (χ4v) is 4.12. The normalized spacial score (nSPS) is 27.3. The molecule has 2 heterocycles. The number of nitrogens with zero attached hydrogens (tertiary/aromatic N) is 1. The van der Waals surface area contributed by atoms with Gasteiger partial charge < -0.3 is 10.2 Å². The van der Waals surface area contributed by atoms with Gasteiger partial charge in [0.25, 0.3) is 0 Å². The monoisotopic (exact) mass is 353 g/mol. The highest BCUT2D eigenvalue weighted by molar-refractivity contribution is 7.88. The Labute approximate surface area is 139 Å². The molecule has 2 N–H and O–H groups in total. The SMILES string of the molecule is CC(CC(=O)N1CCC(NS(C)(=O)=O)C1)C1CCCNC1.Cl. The Balaban J connectivity index is 0.00000242. The number of rotatable bonds is 5. The molecule has 2 saturated heterocycles. The zero-order valence-corrected chi connectivity index (χ0v) is 15.0. The van der Waals surface area contributed by atoms with Crippen LogP contribution in [0.1, 0.15) is 32.6 Å². The smallest absolute Gasteiger partial charge is 0.222 e. The summed E-state index contributed by atoms with van der Waals surface area (Å²) in [6.07, 6.45) is 4.82. The molecule has 0 spiro atoms. The van der Waals surface area contributed by atoms with Crippen LogP contribution in [0.25, 0.3) is 0 Å². The van der Waals surface area contributed by atoms with E-state index in [1.54, 1.807) is 4.90 Å². The summed E-state index contributed by atoms with van der Waals surface area (Å²) >= 11 is 0. The molecule has 3 atom stereocenters. The maximum absolute atomic E-state index is 12.3. The summed E-state index contributed by atoms with van der Waals surface area (Å²) in [4.78, 5) is 14.1. The third-order valence-corrected chi connectivity index (χ3v) is 5.32. The Morgan fingerprint density at radius 2 is 2.14 bits per heavy atom. The van der Waals surface area contributed by atoms with Gasteiger partial charge in [-0.05, 0) is 44.2 Å². The van der Waals surface area contributed by atoms with Crippen molar-refractivity contribution in [3.63, 3.8) is 0 Å². The van der Waals surface area contributed by atoms with Gasteiger partial charge in [-0.2, -0.15) is 0 Å². The van der Waals surface area contributed by atoms with Crippen LogP contribution in [0.4, 0.5) is 0 Å². The van der Waals surface area contributed by atoms with Gasteiger partial charge in [-0.25, -0.2) is 13.1 Å². The molecule has 1 amide bonds. The van der Waals surface area contributed by atoms with Crippen LogP contribution in [0.3, 0.4) is 0 Å². The van der Waals surface area contributed by atoms with Crippen molar-refractivity contribution in [1.29, 1.82) is 0 Å². The lowest BCUT2D eigenvalue weighted by atomic mass is 9.85. The minimum absolute atomic E-state index is 0. The van der Waals surface area contributed by atoms with E-state index in [0.717, 1.165) is 19.3 Å². The molecular weight excluding hydrogens is 326 g/mol. The van der Waals surface area contributed by atoms with Crippen molar-refractivity contribution in [1.82, 2.24) is 14.9 Å². The maximum Gasteiger partial charge on any atom is 0.222 e. The maximum atomic E-state index is 12.3. The van der Waals surface area contributed by atoms with E-state index in [0.29, 0.717) is 37.8 Å². The first-order chi connectivity index (χ1) is 9.85. The van der Waals surface area contributed by atoms with Gasteiger partial charge in [0.05, 0.1) is 6.26 Å². The number of sulfonamides is 1. The van der Waals surface area contributed by atoms with E-state index < -0.39 is 10.0 Å². The van der Waals surface area contributed by atoms with E-state index >= 15 is 0 Å². The fraction of sp³-hybridized carbons (Fsp3) is 0.929. The summed E-state index contributed by atoms with van der Waals surface area (Å²) in [5.74, 6) is 1.12. The quantitative estimate of drug-likeness (QED) is 0.758. The van der Waals surface area contributed by atoms with E-state index in [-0.39, 0.29) is 24.4 Å². The zero-order valence-electron chi connectivity index (χ0n) is 13.4. The Morgan fingerprint density at radius 1 is 1.41 bits per heavy atom. The van der Waals surface area contributed by atoms with Crippen LogP contribution in [0.15, 0.2) is 0 Å². The molecule has 0 aromatic carbocycles. The molecule has 0 aromatic rings. The molecule has 8 heteroatoms. The number of likely N-dealkylation sites (tertiary alicyclic amines) is 1. The predicted octanol–water partition coefficient (Wildman–Crippen LogP) is 0.584. The summed E-state index contributed by atoms with van der Waals surface area (Å²) in [5.41, 5.74) is 0. The van der Waals surface area contributed by atoms with Crippen LogP contribution in [0, 0.1) is 11.8 Å². The average Bonchev–Trinajstić information content (AvgIpc) is 2.86. The zero-order chi connectivity index (χ0) is 15.5. The van der Waals surface area contributed by atoms with E-state index in [1.807, 2.05) is 0 Å². The molecule has 6 nitrogen and oxygen atoms in total. The second kappa shape index (κ2) is 8.47. The van der Waals surface area contributed by atoms with Gasteiger partial charge in [0.1, 0.15) is 0 Å². The molecule has 2 rings (SSSR count). The molecule has 0 radical (unpaired) electrons. The Morgan fingerprint density at radius 3 is 2.73 bits per heavy atom. The van der Waals surface area contributed by atoms with Crippen LogP contribution in [0.2, 0.25) is 0 Å². The number of amides is 1. The van der Waals surface area contributed by atoms with E-state index in [1.165, 1.54) is 12.8 Å². The van der Waals surface area contributed by atoms with Gasteiger partial charge in [0.2, 0.25) is 15.9 Å². The highest BCUT2D eigenvalue weighted by Gasteiger charge is 2.30. The van der Waals surface area contributed by atoms with E-state index in [4.69, 9.17) is 0 Å². The van der Waals surface area contributed by atoms with Crippen molar-refractivity contribution in [3.8, 4) is 0 Å². The van der Waals surface area contributed by atoms with Gasteiger partial charge in [0.15, 0.2) is 0 Å². The number of piperidine rings is 1. The lowest BCUT2D eigenvalue weighted by Crippen LogP contribution is -2.39. The number of nitrogens with one attached hydrogen (secondary N) is 2. The molecule has 130 valence electrons. The summed E-state index contributed by atoms with van der Waals surface area (Å²) in [6, 6.07) is -0.129. The minimum atomic E-state index is -3.19. The molecule has 2 fully saturated rings. The first-order valence-corrected chi connectivity index (χ1v) is 9.70. The molecular formula is C14H28ClN3O3S. The Bertz CT molecular complexity index is 466. The molecule has 3 unspecified atom stereocenters. The number of carbonyl (C=O) groups excluding carboxylic acids is 1. The van der Waals surface area contributed by atoms with Crippen LogP contribution >= 0.6 is 12.4 Å². The van der Waals surface area contributed by atoms with Crippen molar-refractivity contribution in [3.05, 3.63) is 0 Å². The van der Waals surface area contributed by atoms with Crippen LogP contribution in [-0.2, 0) is 14.8 Å². The first-order valence-electron chi connectivity index (χ1n) is 7.81. The second-order valence-electron chi connectivity index (χ2n) is 6.50. The molecule has 0 aromatic heterocycles. The molecule has 0 aliphatic carbocycles. The van der Waals surface area contributed by atoms with E-state index in [9.17, 15) is 13.2 Å². The number of carbonyl (C=O) groups is 1. The van der Waals surface area contributed by atoms with Crippen LogP contribution in [-0.4, -0.2) is 57.7 Å². The lowest BCUT2D eigenvalue weighted by molar-refractivity contribution is -0.131. The molecule has 22 heavy (non-hydrogen) atoms. The number of hydrogen-bond donors (Lipinski definition) is 2. The number of hydrogen-bond acceptors (Lipinski definition) is 4. The van der Waals surface area contributed by atoms with Gasteiger partial charge in [-0.1, -0.05) is 6.92 Å². The van der Waals surface area contributed by atoms with Gasteiger partial charge >= 0.3 is 0 Å². The van der Waals surface area contributed by atoms with Crippen molar-refractivity contribution in [2.75, 3.05) is 32.4 Å². The topological polar surface area (TPSA) is 78.5 Å². The first kappa shape index (κ1) is 19.7. The molecule has 2 aliphatic rings. The minimum Gasteiger partial charge on any atom is -0.341 e. The van der Waals surface area contributed by atoms with E-state index in [2.05, 4.69) is 17.0 Å². The Kier molecular flexibility index (Phi) is 7.58. The summed E-state index contributed by atoms with van der Waals surface area (Å²) in [6.45, 7) is 5.40. The highest BCUT2D eigenvalue weighted by atomic mass is 35.5. The average molecular weight is 354 g/mol. The molecule has 2 aliphatic heterocycles. The van der Waals surface area contributed by atoms with Gasteiger partial charge in [0, 0.05) is 25.6 Å². The summed E-state index contributed by atoms with van der Waals surface area (Å²) in [7, 11) is -3.19. The van der Waals surface area contributed by atoms with Crippen molar-refractivity contribution in [2.45, 2.75) is 38.6 Å². The van der Waals surface area contributed by atoms with Gasteiger partial charge in [-0.3, -0.25) is 4.79 Å². The largest absolute Gasteiger partial charge is 0.341 e. The summed E-state index contributed by atoms with van der Waals surface area (Å²) < 4.78 is 25.0. The fourth-order valence-electron chi connectivity index (χ4n) is 3.32. The third-order valence-electron chi connectivity index (χ3n) is 4.56.